The van der Waals surface area contributed by atoms with Gasteiger partial charge in [-0.05, 0) is 61.7 Å². The van der Waals surface area contributed by atoms with Crippen LogP contribution in [0, 0.1) is 0 Å². The molecular formula is C28H31N3O6. The summed E-state index contributed by atoms with van der Waals surface area (Å²) in [6, 6.07) is 15.2. The number of ether oxygens (including phenoxy) is 5. The first-order valence-corrected chi connectivity index (χ1v) is 12.5. The number of hydrogen-bond donors (Lipinski definition) is 1. The summed E-state index contributed by atoms with van der Waals surface area (Å²) in [7, 11) is 1.58. The van der Waals surface area contributed by atoms with Crippen LogP contribution < -0.4 is 29.0 Å². The normalized spacial score (nSPS) is 15.5. The Labute approximate surface area is 216 Å². The van der Waals surface area contributed by atoms with E-state index in [1.54, 1.807) is 13.3 Å². The standard InChI is InChI=1S/C28H31N3O6/c1-33-24-14-20(15-25-27(24)36-19-35-25)16-30-26(32)18-31-12-5-2-6-13-34-22-9-3-4-10-23(22)37-28-21(17-31)8-7-11-29-28/h3-4,7-11,14-15H,2,5-6,12-13,16-19H2,1H3,(H,30,32). The first kappa shape index (κ1) is 24.7. The molecule has 0 bridgehead atoms. The van der Waals surface area contributed by atoms with Crippen molar-refractivity contribution in [2.45, 2.75) is 32.4 Å². The molecule has 0 aliphatic carbocycles. The van der Waals surface area contributed by atoms with Crippen molar-refractivity contribution < 1.29 is 28.5 Å². The summed E-state index contributed by atoms with van der Waals surface area (Å²) in [6.45, 7) is 2.69. The van der Waals surface area contributed by atoms with Crippen LogP contribution in [0.2, 0.25) is 0 Å². The molecule has 37 heavy (non-hydrogen) atoms. The summed E-state index contributed by atoms with van der Waals surface area (Å²) in [6.07, 6.45) is 4.58. The van der Waals surface area contributed by atoms with Crippen LogP contribution in [0.25, 0.3) is 0 Å². The van der Waals surface area contributed by atoms with Crippen LogP contribution in [-0.2, 0) is 17.9 Å². The fraction of sp³-hybridized carbons (Fsp3) is 0.357. The molecule has 0 unspecified atom stereocenters. The maximum Gasteiger partial charge on any atom is 0.234 e. The van der Waals surface area contributed by atoms with Crippen molar-refractivity contribution in [2.24, 2.45) is 0 Å². The van der Waals surface area contributed by atoms with Gasteiger partial charge in [0.2, 0.25) is 24.3 Å². The van der Waals surface area contributed by atoms with Gasteiger partial charge in [0.25, 0.3) is 0 Å². The Morgan fingerprint density at radius 2 is 1.92 bits per heavy atom. The van der Waals surface area contributed by atoms with Crippen LogP contribution >= 0.6 is 0 Å². The smallest absolute Gasteiger partial charge is 0.234 e. The van der Waals surface area contributed by atoms with Gasteiger partial charge in [-0.2, -0.15) is 0 Å². The predicted octanol–water partition coefficient (Wildman–Crippen LogP) is 4.29. The second-order valence-corrected chi connectivity index (χ2v) is 8.94. The molecule has 1 N–H and O–H groups in total. The lowest BCUT2D eigenvalue weighted by Gasteiger charge is -2.22. The molecule has 0 saturated heterocycles. The van der Waals surface area contributed by atoms with Gasteiger partial charge in [0.1, 0.15) is 0 Å². The fourth-order valence-corrected chi connectivity index (χ4v) is 4.39. The number of aromatic nitrogens is 1. The van der Waals surface area contributed by atoms with Crippen LogP contribution in [0.3, 0.4) is 0 Å². The molecule has 2 aliphatic rings. The van der Waals surface area contributed by atoms with Gasteiger partial charge < -0.3 is 29.0 Å². The highest BCUT2D eigenvalue weighted by atomic mass is 16.7. The molecule has 194 valence electrons. The number of amides is 1. The molecule has 1 amide bonds. The number of benzene rings is 2. The van der Waals surface area contributed by atoms with E-state index in [-0.39, 0.29) is 19.2 Å². The molecule has 2 aliphatic heterocycles. The maximum absolute atomic E-state index is 13.0. The second-order valence-electron chi connectivity index (χ2n) is 8.94. The van der Waals surface area contributed by atoms with Gasteiger partial charge in [0.15, 0.2) is 23.0 Å². The average Bonchev–Trinajstić information content (AvgIpc) is 3.39. The highest BCUT2D eigenvalue weighted by Crippen LogP contribution is 2.41. The largest absolute Gasteiger partial charge is 0.493 e. The van der Waals surface area contributed by atoms with Gasteiger partial charge in [0, 0.05) is 24.8 Å². The van der Waals surface area contributed by atoms with Crippen LogP contribution in [0.1, 0.15) is 30.4 Å². The molecule has 1 aromatic heterocycles. The lowest BCUT2D eigenvalue weighted by molar-refractivity contribution is -0.122. The van der Waals surface area contributed by atoms with Crippen LogP contribution in [-0.4, -0.2) is 49.4 Å². The van der Waals surface area contributed by atoms with Gasteiger partial charge in [0.05, 0.1) is 20.3 Å². The van der Waals surface area contributed by atoms with E-state index in [0.29, 0.717) is 54.3 Å². The van der Waals surface area contributed by atoms with Gasteiger partial charge >= 0.3 is 0 Å². The lowest BCUT2D eigenvalue weighted by Crippen LogP contribution is -2.37. The number of fused-ring (bicyclic) bond motifs is 3. The molecule has 0 saturated carbocycles. The number of hydrogen-bond acceptors (Lipinski definition) is 8. The third-order valence-corrected chi connectivity index (χ3v) is 6.25. The number of carbonyl (C=O) groups excluding carboxylic acids is 1. The SMILES string of the molecule is COc1cc(CNC(=O)CN2CCCCCOc3ccccc3Oc3ncccc3C2)cc2c1OCO2. The number of methoxy groups -OCH3 is 1. The molecule has 0 radical (unpaired) electrons. The lowest BCUT2D eigenvalue weighted by atomic mass is 10.1. The summed E-state index contributed by atoms with van der Waals surface area (Å²) >= 11 is 0. The van der Waals surface area contributed by atoms with E-state index < -0.39 is 0 Å². The van der Waals surface area contributed by atoms with Crippen molar-refractivity contribution in [3.63, 3.8) is 0 Å². The fourth-order valence-electron chi connectivity index (χ4n) is 4.39. The number of carbonyl (C=O) groups is 1. The van der Waals surface area contributed by atoms with E-state index in [2.05, 4.69) is 15.2 Å². The number of rotatable bonds is 5. The van der Waals surface area contributed by atoms with E-state index >= 15 is 0 Å². The summed E-state index contributed by atoms with van der Waals surface area (Å²) in [5, 5.41) is 3.02. The van der Waals surface area contributed by atoms with Crippen molar-refractivity contribution in [3.05, 3.63) is 65.9 Å². The van der Waals surface area contributed by atoms with Crippen LogP contribution in [0.5, 0.6) is 34.6 Å². The number of nitrogens with one attached hydrogen (secondary N) is 1. The Kier molecular flexibility index (Phi) is 7.90. The van der Waals surface area contributed by atoms with Crippen molar-refractivity contribution in [1.29, 1.82) is 0 Å². The Balaban J connectivity index is 1.27. The van der Waals surface area contributed by atoms with Crippen molar-refractivity contribution >= 4 is 5.91 Å². The molecule has 5 rings (SSSR count). The molecular weight excluding hydrogens is 474 g/mol. The Morgan fingerprint density at radius 1 is 1.03 bits per heavy atom. The number of para-hydroxylation sites is 2. The van der Waals surface area contributed by atoms with E-state index in [4.69, 9.17) is 23.7 Å². The Bertz CT molecular complexity index is 1230. The quantitative estimate of drug-likeness (QED) is 0.549. The Hall–Kier alpha value is -3.98. The maximum atomic E-state index is 13.0. The van der Waals surface area contributed by atoms with Gasteiger partial charge in [-0.1, -0.05) is 18.2 Å². The van der Waals surface area contributed by atoms with Crippen molar-refractivity contribution in [3.8, 4) is 34.6 Å². The minimum absolute atomic E-state index is 0.0685. The van der Waals surface area contributed by atoms with Crippen LogP contribution in [0.4, 0.5) is 0 Å². The molecule has 3 aromatic rings. The van der Waals surface area contributed by atoms with Gasteiger partial charge in [-0.3, -0.25) is 9.69 Å². The van der Waals surface area contributed by atoms with E-state index in [1.165, 1.54) is 0 Å². The number of nitrogens with zero attached hydrogens (tertiary/aromatic N) is 2. The highest BCUT2D eigenvalue weighted by molar-refractivity contribution is 5.78. The first-order chi connectivity index (χ1) is 18.2. The second kappa shape index (κ2) is 11.8. The van der Waals surface area contributed by atoms with Gasteiger partial charge in [-0.25, -0.2) is 4.98 Å². The predicted molar refractivity (Wildman–Crippen MR) is 136 cm³/mol. The third-order valence-electron chi connectivity index (χ3n) is 6.25. The van der Waals surface area contributed by atoms with Crippen LogP contribution in [0.15, 0.2) is 54.7 Å². The molecule has 3 heterocycles. The summed E-state index contributed by atoms with van der Waals surface area (Å²) < 4.78 is 28.5. The van der Waals surface area contributed by atoms with Gasteiger partial charge in [-0.15, -0.1) is 0 Å². The highest BCUT2D eigenvalue weighted by Gasteiger charge is 2.21. The Morgan fingerprint density at radius 3 is 2.81 bits per heavy atom. The molecule has 9 nitrogen and oxygen atoms in total. The third kappa shape index (κ3) is 6.24. The number of pyridine rings is 1. The summed E-state index contributed by atoms with van der Waals surface area (Å²) in [4.78, 5) is 19.6. The molecule has 0 fully saturated rings. The van der Waals surface area contributed by atoms with E-state index in [1.807, 2.05) is 48.5 Å². The molecule has 0 atom stereocenters. The first-order valence-electron chi connectivity index (χ1n) is 12.5. The molecule has 0 spiro atoms. The molecule has 2 aromatic carbocycles. The van der Waals surface area contributed by atoms with Crippen molar-refractivity contribution in [2.75, 3.05) is 33.6 Å². The van der Waals surface area contributed by atoms with E-state index in [0.717, 1.165) is 36.9 Å². The minimum Gasteiger partial charge on any atom is -0.493 e. The zero-order chi connectivity index (χ0) is 25.5. The minimum atomic E-state index is -0.0685. The zero-order valence-electron chi connectivity index (χ0n) is 20.9. The zero-order valence-corrected chi connectivity index (χ0v) is 20.9. The average molecular weight is 506 g/mol. The molecule has 9 heteroatoms. The topological polar surface area (TPSA) is 91.4 Å². The monoisotopic (exact) mass is 505 g/mol. The van der Waals surface area contributed by atoms with E-state index in [9.17, 15) is 4.79 Å². The van der Waals surface area contributed by atoms with Crippen molar-refractivity contribution in [1.82, 2.24) is 15.2 Å². The summed E-state index contributed by atoms with van der Waals surface area (Å²) in [5.41, 5.74) is 1.78. The summed E-state index contributed by atoms with van der Waals surface area (Å²) in [5.74, 6) is 3.58.